The summed E-state index contributed by atoms with van der Waals surface area (Å²) in [6, 6.07) is 2.13. The SMILES string of the molecule is NCC(c1cc(Br)cs1)N1CCN(CC(F)(F)F)CC1. The molecule has 0 radical (unpaired) electrons. The molecule has 0 amide bonds. The van der Waals surface area contributed by atoms with Gasteiger partial charge in [0.2, 0.25) is 0 Å². The monoisotopic (exact) mass is 371 g/mol. The summed E-state index contributed by atoms with van der Waals surface area (Å²) in [5.74, 6) is 0. The number of thiophene rings is 1. The summed E-state index contributed by atoms with van der Waals surface area (Å²) in [5.41, 5.74) is 5.84. The number of rotatable bonds is 4. The Labute approximate surface area is 128 Å². The molecule has 1 unspecified atom stereocenters. The molecule has 0 aliphatic carbocycles. The topological polar surface area (TPSA) is 32.5 Å². The third kappa shape index (κ3) is 4.42. The number of nitrogens with zero attached hydrogens (tertiary/aromatic N) is 2. The number of hydrogen-bond donors (Lipinski definition) is 1. The molecule has 20 heavy (non-hydrogen) atoms. The Hall–Kier alpha value is -0.150. The lowest BCUT2D eigenvalue weighted by Gasteiger charge is -2.38. The lowest BCUT2D eigenvalue weighted by atomic mass is 10.1. The minimum atomic E-state index is -4.12. The van der Waals surface area contributed by atoms with Gasteiger partial charge in [0.05, 0.1) is 12.6 Å². The molecule has 2 N–H and O–H groups in total. The Morgan fingerprint density at radius 2 is 1.95 bits per heavy atom. The first-order valence-corrected chi connectivity index (χ1v) is 8.03. The molecule has 1 fully saturated rings. The largest absolute Gasteiger partial charge is 0.401 e. The Balaban J connectivity index is 1.92. The van der Waals surface area contributed by atoms with Gasteiger partial charge < -0.3 is 5.73 Å². The van der Waals surface area contributed by atoms with Crippen molar-refractivity contribution in [2.75, 3.05) is 39.3 Å². The summed E-state index contributed by atoms with van der Waals surface area (Å²) in [6.45, 7) is 1.76. The normalized spacial score (nSPS) is 20.2. The predicted molar refractivity (Wildman–Crippen MR) is 77.9 cm³/mol. The van der Waals surface area contributed by atoms with E-state index in [1.165, 1.54) is 4.90 Å². The summed E-state index contributed by atoms with van der Waals surface area (Å²) in [7, 11) is 0. The lowest BCUT2D eigenvalue weighted by molar-refractivity contribution is -0.149. The first-order chi connectivity index (χ1) is 9.39. The average Bonchev–Trinajstić information content (AvgIpc) is 2.77. The van der Waals surface area contributed by atoms with E-state index in [9.17, 15) is 13.2 Å². The van der Waals surface area contributed by atoms with E-state index >= 15 is 0 Å². The second kappa shape index (κ2) is 6.74. The van der Waals surface area contributed by atoms with Gasteiger partial charge in [-0.3, -0.25) is 9.80 Å². The van der Waals surface area contributed by atoms with Crippen LogP contribution in [0.2, 0.25) is 0 Å². The van der Waals surface area contributed by atoms with Crippen LogP contribution in [0, 0.1) is 0 Å². The number of nitrogens with two attached hydrogens (primary N) is 1. The average molecular weight is 372 g/mol. The first-order valence-electron chi connectivity index (χ1n) is 6.36. The highest BCUT2D eigenvalue weighted by Gasteiger charge is 2.33. The van der Waals surface area contributed by atoms with Gasteiger partial charge in [-0.05, 0) is 22.0 Å². The van der Waals surface area contributed by atoms with Crippen LogP contribution in [0.15, 0.2) is 15.9 Å². The Morgan fingerprint density at radius 3 is 2.40 bits per heavy atom. The van der Waals surface area contributed by atoms with Crippen LogP contribution < -0.4 is 5.73 Å². The molecule has 2 heterocycles. The van der Waals surface area contributed by atoms with Crippen molar-refractivity contribution in [3.05, 3.63) is 20.8 Å². The molecule has 1 atom stereocenters. The fraction of sp³-hybridized carbons (Fsp3) is 0.667. The molecule has 2 rings (SSSR count). The molecule has 1 aromatic heterocycles. The van der Waals surface area contributed by atoms with E-state index in [0.29, 0.717) is 32.7 Å². The van der Waals surface area contributed by atoms with Crippen molar-refractivity contribution in [2.24, 2.45) is 5.73 Å². The van der Waals surface area contributed by atoms with Crippen LogP contribution in [0.4, 0.5) is 13.2 Å². The molecule has 1 saturated heterocycles. The summed E-state index contributed by atoms with van der Waals surface area (Å²) in [5, 5.41) is 2.00. The zero-order valence-corrected chi connectivity index (χ0v) is 13.3. The van der Waals surface area contributed by atoms with E-state index in [1.807, 2.05) is 11.4 Å². The second-order valence-electron chi connectivity index (χ2n) is 4.85. The van der Waals surface area contributed by atoms with Crippen molar-refractivity contribution in [2.45, 2.75) is 12.2 Å². The maximum Gasteiger partial charge on any atom is 0.401 e. The smallest absolute Gasteiger partial charge is 0.329 e. The van der Waals surface area contributed by atoms with Crippen LogP contribution in [0.5, 0.6) is 0 Å². The molecule has 114 valence electrons. The molecule has 1 aliphatic rings. The molecule has 1 aliphatic heterocycles. The van der Waals surface area contributed by atoms with Crippen LogP contribution in [-0.4, -0.2) is 55.2 Å². The van der Waals surface area contributed by atoms with Gasteiger partial charge in [0.15, 0.2) is 0 Å². The van der Waals surface area contributed by atoms with E-state index in [2.05, 4.69) is 20.8 Å². The lowest BCUT2D eigenvalue weighted by Crippen LogP contribution is -2.51. The quantitative estimate of drug-likeness (QED) is 0.882. The highest BCUT2D eigenvalue weighted by Crippen LogP contribution is 2.30. The van der Waals surface area contributed by atoms with E-state index in [4.69, 9.17) is 5.73 Å². The molecule has 0 saturated carbocycles. The van der Waals surface area contributed by atoms with Gasteiger partial charge >= 0.3 is 6.18 Å². The molecule has 1 aromatic rings. The minimum absolute atomic E-state index is 0.0966. The fourth-order valence-electron chi connectivity index (χ4n) is 2.43. The summed E-state index contributed by atoms with van der Waals surface area (Å²) < 4.78 is 38.1. The Morgan fingerprint density at radius 1 is 1.30 bits per heavy atom. The predicted octanol–water partition coefficient (Wildman–Crippen LogP) is 2.69. The van der Waals surface area contributed by atoms with Gasteiger partial charge in [0, 0.05) is 47.5 Å². The van der Waals surface area contributed by atoms with E-state index in [1.54, 1.807) is 11.3 Å². The molecular weight excluding hydrogens is 355 g/mol. The molecule has 3 nitrogen and oxygen atoms in total. The Bertz CT molecular complexity index is 430. The molecule has 0 spiro atoms. The number of halogens is 4. The standard InChI is InChI=1S/C12H17BrF3N3S/c13-9-5-11(20-7-9)10(6-17)19-3-1-18(2-4-19)8-12(14,15)16/h5,7,10H,1-4,6,8,17H2. The molecule has 8 heteroatoms. The summed E-state index contributed by atoms with van der Waals surface area (Å²) in [4.78, 5) is 4.78. The Kier molecular flexibility index (Phi) is 5.47. The second-order valence-corrected chi connectivity index (χ2v) is 6.70. The van der Waals surface area contributed by atoms with Crippen molar-refractivity contribution in [3.63, 3.8) is 0 Å². The van der Waals surface area contributed by atoms with Crippen molar-refractivity contribution >= 4 is 27.3 Å². The van der Waals surface area contributed by atoms with Crippen LogP contribution in [0.1, 0.15) is 10.9 Å². The van der Waals surface area contributed by atoms with E-state index in [-0.39, 0.29) is 6.04 Å². The van der Waals surface area contributed by atoms with E-state index in [0.717, 1.165) is 9.35 Å². The summed E-state index contributed by atoms with van der Waals surface area (Å²) >= 11 is 5.04. The maximum atomic E-state index is 12.4. The van der Waals surface area contributed by atoms with Gasteiger partial charge in [-0.25, -0.2) is 0 Å². The zero-order valence-electron chi connectivity index (χ0n) is 10.9. The van der Waals surface area contributed by atoms with Gasteiger partial charge in [0.25, 0.3) is 0 Å². The van der Waals surface area contributed by atoms with Crippen LogP contribution in [0.3, 0.4) is 0 Å². The van der Waals surface area contributed by atoms with Crippen molar-refractivity contribution < 1.29 is 13.2 Å². The number of alkyl halides is 3. The highest BCUT2D eigenvalue weighted by molar-refractivity contribution is 9.10. The van der Waals surface area contributed by atoms with Crippen LogP contribution >= 0.6 is 27.3 Å². The molecular formula is C12H17BrF3N3S. The van der Waals surface area contributed by atoms with Crippen molar-refractivity contribution in [1.29, 1.82) is 0 Å². The molecule has 0 aromatic carbocycles. The van der Waals surface area contributed by atoms with Crippen molar-refractivity contribution in [1.82, 2.24) is 9.80 Å². The van der Waals surface area contributed by atoms with E-state index < -0.39 is 12.7 Å². The van der Waals surface area contributed by atoms with Gasteiger partial charge in [0.1, 0.15) is 0 Å². The third-order valence-corrected chi connectivity index (χ3v) is 5.18. The third-order valence-electron chi connectivity index (χ3n) is 3.39. The maximum absolute atomic E-state index is 12.4. The van der Waals surface area contributed by atoms with Crippen LogP contribution in [0.25, 0.3) is 0 Å². The van der Waals surface area contributed by atoms with Gasteiger partial charge in [-0.1, -0.05) is 0 Å². The number of piperazine rings is 1. The van der Waals surface area contributed by atoms with Gasteiger partial charge in [-0.15, -0.1) is 11.3 Å². The minimum Gasteiger partial charge on any atom is -0.329 e. The van der Waals surface area contributed by atoms with Crippen LogP contribution in [-0.2, 0) is 0 Å². The van der Waals surface area contributed by atoms with Crippen molar-refractivity contribution in [3.8, 4) is 0 Å². The zero-order chi connectivity index (χ0) is 14.8. The molecule has 0 bridgehead atoms. The fourth-order valence-corrected chi connectivity index (χ4v) is 4.03. The van der Waals surface area contributed by atoms with Gasteiger partial charge in [-0.2, -0.15) is 13.2 Å². The number of hydrogen-bond acceptors (Lipinski definition) is 4. The highest BCUT2D eigenvalue weighted by atomic mass is 79.9. The first kappa shape index (κ1) is 16.2. The summed E-state index contributed by atoms with van der Waals surface area (Å²) in [6.07, 6.45) is -4.12.